The Morgan fingerprint density at radius 2 is 1.79 bits per heavy atom. The van der Waals surface area contributed by atoms with Crippen LogP contribution in [0.5, 0.6) is 0 Å². The minimum absolute atomic E-state index is 0.103. The summed E-state index contributed by atoms with van der Waals surface area (Å²) in [5, 5.41) is 6.80. The topological polar surface area (TPSA) is 79.8 Å². The summed E-state index contributed by atoms with van der Waals surface area (Å²) < 4.78 is 0. The lowest BCUT2D eigenvalue weighted by Crippen LogP contribution is -2.17. The van der Waals surface area contributed by atoms with Crippen LogP contribution in [0.3, 0.4) is 0 Å². The summed E-state index contributed by atoms with van der Waals surface area (Å²) in [7, 11) is 1.63. The van der Waals surface area contributed by atoms with Crippen LogP contribution in [-0.2, 0) is 0 Å². The predicted octanol–water partition coefficient (Wildman–Crippen LogP) is 4.41. The Morgan fingerprint density at radius 3 is 2.55 bits per heavy atom. The molecule has 0 aliphatic carbocycles. The minimum Gasteiger partial charge on any atom is -0.355 e. The fourth-order valence-corrected chi connectivity index (χ4v) is 3.21. The van der Waals surface area contributed by atoms with Crippen LogP contribution < -0.4 is 10.6 Å². The van der Waals surface area contributed by atoms with Crippen molar-refractivity contribution in [3.63, 3.8) is 0 Å². The van der Waals surface area contributed by atoms with Crippen molar-refractivity contribution in [2.75, 3.05) is 12.4 Å². The summed E-state index contributed by atoms with van der Waals surface area (Å²) in [6.45, 7) is 3.97. The molecule has 0 atom stereocenters. The van der Waals surface area contributed by atoms with E-state index in [-0.39, 0.29) is 5.91 Å². The standard InChI is InChI=1S/C23H21N5O/c1-14-9-18(16-5-4-6-17(10-16)22(29)24-3)11-19-12-26-23(28-21(14)19)27-20-8-7-15(2)25-13-20/h4-13H,1-3H3,(H,24,29)(H,26,27,28). The van der Waals surface area contributed by atoms with E-state index in [1.807, 2.05) is 56.4 Å². The van der Waals surface area contributed by atoms with E-state index < -0.39 is 0 Å². The van der Waals surface area contributed by atoms with Crippen molar-refractivity contribution in [1.82, 2.24) is 20.3 Å². The molecule has 2 heterocycles. The first-order chi connectivity index (χ1) is 14.0. The Labute approximate surface area is 169 Å². The van der Waals surface area contributed by atoms with Gasteiger partial charge in [-0.2, -0.15) is 0 Å². The molecule has 0 spiro atoms. The van der Waals surface area contributed by atoms with Crippen LogP contribution in [0.1, 0.15) is 21.6 Å². The maximum Gasteiger partial charge on any atom is 0.251 e. The fourth-order valence-electron chi connectivity index (χ4n) is 3.21. The Bertz CT molecular complexity index is 1200. The Balaban J connectivity index is 1.69. The number of aromatic nitrogens is 3. The maximum atomic E-state index is 11.9. The van der Waals surface area contributed by atoms with Crippen LogP contribution in [0.4, 0.5) is 11.6 Å². The van der Waals surface area contributed by atoms with Crippen molar-refractivity contribution in [2.45, 2.75) is 13.8 Å². The molecule has 0 saturated heterocycles. The second kappa shape index (κ2) is 7.67. The smallest absolute Gasteiger partial charge is 0.251 e. The number of fused-ring (bicyclic) bond motifs is 1. The van der Waals surface area contributed by atoms with Crippen LogP contribution in [0.25, 0.3) is 22.0 Å². The van der Waals surface area contributed by atoms with E-state index in [2.05, 4.69) is 31.7 Å². The predicted molar refractivity (Wildman–Crippen MR) is 115 cm³/mol. The molecule has 0 bridgehead atoms. The summed E-state index contributed by atoms with van der Waals surface area (Å²) in [4.78, 5) is 25.3. The van der Waals surface area contributed by atoms with Crippen molar-refractivity contribution in [2.24, 2.45) is 0 Å². The van der Waals surface area contributed by atoms with Gasteiger partial charge in [0.2, 0.25) is 5.95 Å². The lowest BCUT2D eigenvalue weighted by Gasteiger charge is -2.10. The zero-order chi connectivity index (χ0) is 20.4. The Morgan fingerprint density at radius 1 is 0.931 bits per heavy atom. The van der Waals surface area contributed by atoms with Crippen LogP contribution >= 0.6 is 0 Å². The van der Waals surface area contributed by atoms with E-state index >= 15 is 0 Å². The van der Waals surface area contributed by atoms with Gasteiger partial charge in [-0.1, -0.05) is 12.1 Å². The van der Waals surface area contributed by atoms with Crippen molar-refractivity contribution in [3.05, 3.63) is 77.7 Å². The third-order valence-corrected chi connectivity index (χ3v) is 4.73. The highest BCUT2D eigenvalue weighted by Crippen LogP contribution is 2.28. The number of carbonyl (C=O) groups is 1. The second-order valence-electron chi connectivity index (χ2n) is 6.90. The number of hydrogen-bond donors (Lipinski definition) is 2. The number of rotatable bonds is 4. The molecule has 0 aliphatic rings. The van der Waals surface area contributed by atoms with Gasteiger partial charge in [0.25, 0.3) is 5.91 Å². The van der Waals surface area contributed by atoms with E-state index in [0.717, 1.165) is 39.0 Å². The molecule has 6 heteroatoms. The molecule has 0 aliphatic heterocycles. The van der Waals surface area contributed by atoms with Gasteiger partial charge < -0.3 is 10.6 Å². The number of anilines is 2. The molecule has 144 valence electrons. The molecule has 29 heavy (non-hydrogen) atoms. The van der Waals surface area contributed by atoms with E-state index in [9.17, 15) is 4.79 Å². The Hall–Kier alpha value is -3.80. The summed E-state index contributed by atoms with van der Waals surface area (Å²) in [6.07, 6.45) is 3.57. The first-order valence-corrected chi connectivity index (χ1v) is 9.33. The van der Waals surface area contributed by atoms with Gasteiger partial charge in [-0.25, -0.2) is 9.97 Å². The van der Waals surface area contributed by atoms with E-state index in [0.29, 0.717) is 11.5 Å². The van der Waals surface area contributed by atoms with Crippen LogP contribution in [0, 0.1) is 13.8 Å². The number of amides is 1. The molecular weight excluding hydrogens is 362 g/mol. The first-order valence-electron chi connectivity index (χ1n) is 9.33. The zero-order valence-corrected chi connectivity index (χ0v) is 16.5. The quantitative estimate of drug-likeness (QED) is 0.546. The first kappa shape index (κ1) is 18.6. The molecule has 0 saturated carbocycles. The zero-order valence-electron chi connectivity index (χ0n) is 16.5. The number of pyridine rings is 1. The maximum absolute atomic E-state index is 11.9. The van der Waals surface area contributed by atoms with Gasteiger partial charge in [0.15, 0.2) is 0 Å². The third-order valence-electron chi connectivity index (χ3n) is 4.73. The molecule has 4 rings (SSSR count). The number of benzene rings is 2. The van der Waals surface area contributed by atoms with Gasteiger partial charge in [0.1, 0.15) is 0 Å². The van der Waals surface area contributed by atoms with Crippen LogP contribution in [-0.4, -0.2) is 27.9 Å². The number of nitrogens with one attached hydrogen (secondary N) is 2. The number of aryl methyl sites for hydroxylation is 2. The average Bonchev–Trinajstić information content (AvgIpc) is 2.75. The fraction of sp³-hybridized carbons (Fsp3) is 0.130. The lowest BCUT2D eigenvalue weighted by atomic mass is 9.99. The average molecular weight is 383 g/mol. The van der Waals surface area contributed by atoms with Gasteiger partial charge in [-0.15, -0.1) is 0 Å². The molecular formula is C23H21N5O. The molecule has 2 aromatic carbocycles. The highest BCUT2D eigenvalue weighted by Gasteiger charge is 2.09. The van der Waals surface area contributed by atoms with Gasteiger partial charge in [0.05, 0.1) is 17.4 Å². The monoisotopic (exact) mass is 383 g/mol. The number of carbonyl (C=O) groups excluding carboxylic acids is 1. The van der Waals surface area contributed by atoms with E-state index in [1.165, 1.54) is 0 Å². The summed E-state index contributed by atoms with van der Waals surface area (Å²) in [6, 6.07) is 15.6. The number of nitrogens with zero attached hydrogens (tertiary/aromatic N) is 3. The van der Waals surface area contributed by atoms with Gasteiger partial charge in [-0.05, 0) is 66.9 Å². The lowest BCUT2D eigenvalue weighted by molar-refractivity contribution is 0.0963. The van der Waals surface area contributed by atoms with Crippen molar-refractivity contribution >= 4 is 28.4 Å². The SMILES string of the molecule is CNC(=O)c1cccc(-c2cc(C)c3nc(Nc4ccc(C)nc4)ncc3c2)c1. The van der Waals surface area contributed by atoms with Gasteiger partial charge in [-0.3, -0.25) is 9.78 Å². The highest BCUT2D eigenvalue weighted by atomic mass is 16.1. The second-order valence-corrected chi connectivity index (χ2v) is 6.90. The molecule has 0 radical (unpaired) electrons. The van der Waals surface area contributed by atoms with E-state index in [1.54, 1.807) is 19.3 Å². The molecule has 2 aromatic heterocycles. The molecule has 6 nitrogen and oxygen atoms in total. The third kappa shape index (κ3) is 3.91. The molecule has 4 aromatic rings. The van der Waals surface area contributed by atoms with Crippen LogP contribution in [0.15, 0.2) is 60.9 Å². The van der Waals surface area contributed by atoms with Gasteiger partial charge >= 0.3 is 0 Å². The summed E-state index contributed by atoms with van der Waals surface area (Å²) >= 11 is 0. The van der Waals surface area contributed by atoms with Crippen molar-refractivity contribution in [3.8, 4) is 11.1 Å². The normalized spacial score (nSPS) is 10.7. The molecule has 0 fully saturated rings. The Kier molecular flexibility index (Phi) is 4.91. The molecule has 2 N–H and O–H groups in total. The largest absolute Gasteiger partial charge is 0.355 e. The number of hydrogen-bond acceptors (Lipinski definition) is 5. The van der Waals surface area contributed by atoms with Crippen molar-refractivity contribution in [1.29, 1.82) is 0 Å². The minimum atomic E-state index is -0.103. The molecule has 0 unspecified atom stereocenters. The summed E-state index contributed by atoms with van der Waals surface area (Å²) in [5.41, 5.74) is 6.35. The molecule has 1 amide bonds. The highest BCUT2D eigenvalue weighted by molar-refractivity contribution is 5.96. The van der Waals surface area contributed by atoms with Gasteiger partial charge in [0, 0.05) is 29.9 Å². The van der Waals surface area contributed by atoms with E-state index in [4.69, 9.17) is 0 Å². The van der Waals surface area contributed by atoms with Crippen LogP contribution in [0.2, 0.25) is 0 Å². The van der Waals surface area contributed by atoms with Crippen molar-refractivity contribution < 1.29 is 4.79 Å². The summed E-state index contributed by atoms with van der Waals surface area (Å²) in [5.74, 6) is 0.426.